The third kappa shape index (κ3) is 3.44. The van der Waals surface area contributed by atoms with Crippen LogP contribution >= 0.6 is 23.2 Å². The summed E-state index contributed by atoms with van der Waals surface area (Å²) in [6.07, 6.45) is 0. The van der Waals surface area contributed by atoms with Crippen LogP contribution < -0.4 is 25.4 Å². The molecule has 1 atom stereocenters. The number of carbonyl (C=O) groups excluding carboxylic acids is 2. The molecule has 3 N–H and O–H groups in total. The van der Waals surface area contributed by atoms with Crippen molar-refractivity contribution in [2.75, 3.05) is 30.2 Å². The van der Waals surface area contributed by atoms with E-state index in [1.807, 2.05) is 18.4 Å². The summed E-state index contributed by atoms with van der Waals surface area (Å²) in [5, 5.41) is 3.70. The number of methoxy groups -OCH3 is 2. The summed E-state index contributed by atoms with van der Waals surface area (Å²) in [5.74, 6) is 0.543. The van der Waals surface area contributed by atoms with Crippen LogP contribution in [-0.4, -0.2) is 35.6 Å². The Hall–Kier alpha value is -4.21. The molecule has 2 aliphatic rings. The first kappa shape index (κ1) is 26.0. The molecule has 0 unspecified atom stereocenters. The van der Waals surface area contributed by atoms with Gasteiger partial charge in [0, 0.05) is 39.8 Å². The lowest BCUT2D eigenvalue weighted by Crippen LogP contribution is -2.51. The molecule has 2 aliphatic heterocycles. The Balaban J connectivity index is 1.71. The minimum absolute atomic E-state index is 0.146. The van der Waals surface area contributed by atoms with Gasteiger partial charge in [0.25, 0.3) is 11.8 Å². The van der Waals surface area contributed by atoms with E-state index in [0.717, 1.165) is 0 Å². The van der Waals surface area contributed by atoms with Crippen molar-refractivity contribution in [2.45, 2.75) is 25.4 Å². The summed E-state index contributed by atoms with van der Waals surface area (Å²) in [6, 6.07) is 15.1. The van der Waals surface area contributed by atoms with Crippen LogP contribution in [0, 0.1) is 0 Å². The summed E-state index contributed by atoms with van der Waals surface area (Å²) in [6.45, 7) is 3.94. The molecular formula is C29H25Cl2N5O4. The van der Waals surface area contributed by atoms with Gasteiger partial charge in [-0.3, -0.25) is 14.5 Å². The van der Waals surface area contributed by atoms with Gasteiger partial charge in [0.1, 0.15) is 17.3 Å². The molecule has 204 valence electrons. The molecule has 2 amide bonds. The summed E-state index contributed by atoms with van der Waals surface area (Å²) < 4.78 is 12.9. The fourth-order valence-corrected chi connectivity index (χ4v) is 6.13. The normalized spacial score (nSPS) is 17.4. The van der Waals surface area contributed by atoms with Gasteiger partial charge in [-0.15, -0.1) is 0 Å². The Morgan fingerprint density at radius 2 is 1.73 bits per heavy atom. The highest BCUT2D eigenvalue weighted by Crippen LogP contribution is 2.55. The smallest absolute Gasteiger partial charge is 0.280 e. The van der Waals surface area contributed by atoms with E-state index < -0.39 is 17.4 Å². The molecule has 1 spiro atoms. The molecule has 0 saturated heterocycles. The zero-order valence-electron chi connectivity index (χ0n) is 22.1. The predicted molar refractivity (Wildman–Crippen MR) is 155 cm³/mol. The highest BCUT2D eigenvalue weighted by molar-refractivity contribution is 6.33. The van der Waals surface area contributed by atoms with Crippen molar-refractivity contribution in [3.05, 3.63) is 81.6 Å². The minimum atomic E-state index is -1.60. The standard InChI is InChI=1S/C29H25Cl2N5O4/c1-14(2)35-25-24(34-26(35)18-8-6-16(32)12-23(18)40-4)27(37)36(17-7-10-22(39-3)20(31)13-17)29(25)19-9-5-15(30)11-21(19)33-28(29)38/h5-14H,32H2,1-4H3,(H,33,38)/t29-/m0/s1. The van der Waals surface area contributed by atoms with Crippen molar-refractivity contribution in [2.24, 2.45) is 0 Å². The number of anilines is 3. The molecule has 0 aliphatic carbocycles. The number of nitrogen functional groups attached to an aromatic ring is 1. The van der Waals surface area contributed by atoms with Crippen LogP contribution in [0.5, 0.6) is 11.5 Å². The highest BCUT2D eigenvalue weighted by Gasteiger charge is 2.64. The minimum Gasteiger partial charge on any atom is -0.496 e. The quantitative estimate of drug-likeness (QED) is 0.286. The monoisotopic (exact) mass is 577 g/mol. The molecule has 0 bridgehead atoms. The van der Waals surface area contributed by atoms with E-state index in [4.69, 9.17) is 43.4 Å². The fourth-order valence-electron chi connectivity index (χ4n) is 5.71. The number of nitrogens with one attached hydrogen (secondary N) is 1. The molecule has 0 radical (unpaired) electrons. The van der Waals surface area contributed by atoms with E-state index in [1.54, 1.807) is 61.7 Å². The molecular weight excluding hydrogens is 553 g/mol. The number of ether oxygens (including phenoxy) is 2. The van der Waals surface area contributed by atoms with Gasteiger partial charge in [0.05, 0.1) is 30.5 Å². The topological polar surface area (TPSA) is 112 Å². The highest BCUT2D eigenvalue weighted by atomic mass is 35.5. The molecule has 6 rings (SSSR count). The van der Waals surface area contributed by atoms with Crippen LogP contribution in [0.1, 0.15) is 41.6 Å². The fraction of sp³-hybridized carbons (Fsp3) is 0.207. The van der Waals surface area contributed by atoms with Crippen LogP contribution in [0.2, 0.25) is 10.0 Å². The van der Waals surface area contributed by atoms with E-state index in [2.05, 4.69) is 5.32 Å². The number of aromatic nitrogens is 2. The Bertz CT molecular complexity index is 1730. The van der Waals surface area contributed by atoms with Crippen molar-refractivity contribution in [1.82, 2.24) is 9.55 Å². The number of hydrogen-bond acceptors (Lipinski definition) is 6. The summed E-state index contributed by atoms with van der Waals surface area (Å²) in [4.78, 5) is 35.0. The number of hydrogen-bond donors (Lipinski definition) is 2. The van der Waals surface area contributed by atoms with Crippen molar-refractivity contribution in [3.63, 3.8) is 0 Å². The molecule has 11 heteroatoms. The van der Waals surface area contributed by atoms with E-state index in [-0.39, 0.29) is 11.7 Å². The van der Waals surface area contributed by atoms with E-state index in [0.29, 0.717) is 61.3 Å². The Kier molecular flexibility index (Phi) is 5.97. The number of amides is 2. The second-order valence-corrected chi connectivity index (χ2v) is 10.7. The zero-order valence-corrected chi connectivity index (χ0v) is 23.6. The maximum atomic E-state index is 14.4. The average molecular weight is 578 g/mol. The molecule has 40 heavy (non-hydrogen) atoms. The predicted octanol–water partition coefficient (Wildman–Crippen LogP) is 5.89. The van der Waals surface area contributed by atoms with Crippen molar-refractivity contribution < 1.29 is 19.1 Å². The van der Waals surface area contributed by atoms with Crippen LogP contribution in [-0.2, 0) is 10.3 Å². The van der Waals surface area contributed by atoms with Crippen molar-refractivity contribution >= 4 is 52.1 Å². The third-order valence-electron chi connectivity index (χ3n) is 7.32. The molecule has 3 aromatic carbocycles. The average Bonchev–Trinajstić information content (AvgIpc) is 3.52. The summed E-state index contributed by atoms with van der Waals surface area (Å²) >= 11 is 12.8. The number of carbonyl (C=O) groups is 2. The van der Waals surface area contributed by atoms with Gasteiger partial charge in [-0.05, 0) is 56.3 Å². The number of fused-ring (bicyclic) bond motifs is 4. The SMILES string of the molecule is COc1ccc(N2C(=O)c3nc(-c4ccc(N)cc4OC)n(C(C)C)c3[C@@]23C(=O)Nc2cc(Cl)ccc23)cc1Cl. The third-order valence-corrected chi connectivity index (χ3v) is 7.85. The number of imidazole rings is 1. The second-order valence-electron chi connectivity index (χ2n) is 9.87. The second kappa shape index (κ2) is 9.18. The molecule has 3 heterocycles. The first-order chi connectivity index (χ1) is 19.1. The van der Waals surface area contributed by atoms with Crippen LogP contribution in [0.4, 0.5) is 17.1 Å². The largest absolute Gasteiger partial charge is 0.496 e. The lowest BCUT2D eigenvalue weighted by Gasteiger charge is -2.36. The van der Waals surface area contributed by atoms with Gasteiger partial charge in [0.2, 0.25) is 0 Å². The Labute approximate surface area is 240 Å². The Morgan fingerprint density at radius 1 is 0.975 bits per heavy atom. The van der Waals surface area contributed by atoms with E-state index in [1.165, 1.54) is 12.0 Å². The molecule has 4 aromatic rings. The van der Waals surface area contributed by atoms with Crippen molar-refractivity contribution in [1.29, 1.82) is 0 Å². The number of nitrogens with zero attached hydrogens (tertiary/aromatic N) is 3. The molecule has 9 nitrogen and oxygen atoms in total. The maximum absolute atomic E-state index is 14.4. The zero-order chi connectivity index (χ0) is 28.5. The molecule has 0 saturated carbocycles. The lowest BCUT2D eigenvalue weighted by molar-refractivity contribution is -0.119. The number of rotatable bonds is 5. The van der Waals surface area contributed by atoms with Crippen LogP contribution in [0.15, 0.2) is 54.6 Å². The molecule has 1 aromatic heterocycles. The summed E-state index contributed by atoms with van der Waals surface area (Å²) in [7, 11) is 3.05. The van der Waals surface area contributed by atoms with Gasteiger partial charge in [0.15, 0.2) is 11.2 Å². The number of nitrogens with two attached hydrogens (primary N) is 1. The number of halogens is 2. The van der Waals surface area contributed by atoms with Crippen LogP contribution in [0.25, 0.3) is 11.4 Å². The maximum Gasteiger partial charge on any atom is 0.280 e. The van der Waals surface area contributed by atoms with Crippen molar-refractivity contribution in [3.8, 4) is 22.9 Å². The van der Waals surface area contributed by atoms with Gasteiger partial charge in [-0.1, -0.05) is 29.3 Å². The first-order valence-corrected chi connectivity index (χ1v) is 13.2. The van der Waals surface area contributed by atoms with Gasteiger partial charge in [-0.25, -0.2) is 4.98 Å². The van der Waals surface area contributed by atoms with Crippen LogP contribution in [0.3, 0.4) is 0 Å². The summed E-state index contributed by atoms with van der Waals surface area (Å²) in [5.41, 5.74) is 7.64. The lowest BCUT2D eigenvalue weighted by atomic mass is 9.87. The Morgan fingerprint density at radius 3 is 2.40 bits per heavy atom. The van der Waals surface area contributed by atoms with E-state index in [9.17, 15) is 9.59 Å². The first-order valence-electron chi connectivity index (χ1n) is 12.5. The van der Waals surface area contributed by atoms with E-state index >= 15 is 0 Å². The molecule has 0 fully saturated rings. The van der Waals surface area contributed by atoms with Gasteiger partial charge in [-0.2, -0.15) is 0 Å². The van der Waals surface area contributed by atoms with Gasteiger partial charge >= 0.3 is 0 Å². The number of benzene rings is 3. The van der Waals surface area contributed by atoms with Gasteiger partial charge < -0.3 is 25.1 Å².